The van der Waals surface area contributed by atoms with Crippen LogP contribution >= 0.6 is 15.6 Å². The van der Waals surface area contributed by atoms with Gasteiger partial charge in [-0.25, -0.2) is 9.13 Å². The third kappa shape index (κ3) is 60.7. The Morgan fingerprint density at radius 2 is 0.471 bits per heavy atom. The molecule has 0 aromatic heterocycles. The third-order valence-electron chi connectivity index (χ3n) is 15.4. The van der Waals surface area contributed by atoms with Crippen molar-refractivity contribution in [3.63, 3.8) is 0 Å². The van der Waals surface area contributed by atoms with Crippen molar-refractivity contribution in [2.75, 3.05) is 39.6 Å². The fourth-order valence-corrected chi connectivity index (χ4v) is 11.6. The van der Waals surface area contributed by atoms with E-state index in [4.69, 9.17) is 37.0 Å². The number of hydrogen-bond acceptors (Lipinski definition) is 15. The van der Waals surface area contributed by atoms with E-state index < -0.39 is 97.5 Å². The van der Waals surface area contributed by atoms with Crippen molar-refractivity contribution in [3.05, 3.63) is 0 Å². The van der Waals surface area contributed by atoms with E-state index in [1.807, 2.05) is 0 Å². The second-order valence-corrected chi connectivity index (χ2v) is 26.8. The van der Waals surface area contributed by atoms with Gasteiger partial charge in [-0.05, 0) is 25.7 Å². The Morgan fingerprint density at radius 1 is 0.282 bits per heavy atom. The second kappa shape index (κ2) is 60.9. The van der Waals surface area contributed by atoms with Crippen LogP contribution in [0.3, 0.4) is 0 Å². The molecule has 0 amide bonds. The van der Waals surface area contributed by atoms with E-state index in [1.165, 1.54) is 173 Å². The normalized spacial score (nSPS) is 14.1. The number of unbranched alkanes of at least 4 members (excludes halogenated alkanes) is 41. The standard InChI is InChI=1S/C66H128O17P2/c1-5-9-13-17-21-25-26-27-28-29-30-31-32-33-37-41-45-49-53-66(71)83-62(57-77-64(69)51-47-43-39-35-23-19-15-11-7-3)59-81-85(74,75)79-55-60(67)54-78-84(72,73)80-58-61(82-65(70)52-48-44-40-36-24-20-16-12-8-4)56-76-63(68)50-46-42-38-34-22-18-14-10-6-2/h60-62,67H,5-59H2,1-4H3,(H,72,73)(H,74,75)/t60-,61+,62+/m0/s1. The maximum absolute atomic E-state index is 13.0. The van der Waals surface area contributed by atoms with Crippen molar-refractivity contribution in [1.82, 2.24) is 0 Å². The van der Waals surface area contributed by atoms with Gasteiger partial charge in [0.2, 0.25) is 0 Å². The monoisotopic (exact) mass is 1250 g/mol. The third-order valence-corrected chi connectivity index (χ3v) is 17.3. The Hall–Kier alpha value is -1.94. The van der Waals surface area contributed by atoms with Crippen molar-refractivity contribution in [2.45, 2.75) is 361 Å². The van der Waals surface area contributed by atoms with Crippen molar-refractivity contribution < 1.29 is 80.2 Å². The van der Waals surface area contributed by atoms with Crippen molar-refractivity contribution in [2.24, 2.45) is 0 Å². The summed E-state index contributed by atoms with van der Waals surface area (Å²) in [4.78, 5) is 72.2. The molecule has 17 nitrogen and oxygen atoms in total. The minimum atomic E-state index is -4.94. The van der Waals surface area contributed by atoms with Crippen LogP contribution in [0.15, 0.2) is 0 Å². The maximum atomic E-state index is 13.0. The molecule has 504 valence electrons. The molecule has 0 rings (SSSR count). The zero-order valence-electron chi connectivity index (χ0n) is 54.6. The summed E-state index contributed by atoms with van der Waals surface area (Å²) < 4.78 is 68.0. The molecule has 0 fully saturated rings. The molecule has 5 atom stereocenters. The first-order chi connectivity index (χ1) is 41.2. The summed E-state index contributed by atoms with van der Waals surface area (Å²) in [5.41, 5.74) is 0. The predicted octanol–water partition coefficient (Wildman–Crippen LogP) is 18.7. The first kappa shape index (κ1) is 83.1. The molecular formula is C66H128O17P2. The number of rotatable bonds is 67. The molecule has 0 spiro atoms. The number of carbonyl (C=O) groups excluding carboxylic acids is 4. The lowest BCUT2D eigenvalue weighted by atomic mass is 10.0. The number of phosphoric ester groups is 2. The number of esters is 4. The van der Waals surface area contributed by atoms with E-state index in [-0.39, 0.29) is 25.7 Å². The van der Waals surface area contributed by atoms with Gasteiger partial charge in [0.1, 0.15) is 19.3 Å². The number of hydrogen-bond donors (Lipinski definition) is 3. The summed E-state index contributed by atoms with van der Waals surface area (Å²) in [7, 11) is -9.88. The molecule has 85 heavy (non-hydrogen) atoms. The van der Waals surface area contributed by atoms with Gasteiger partial charge < -0.3 is 33.8 Å². The predicted molar refractivity (Wildman–Crippen MR) is 340 cm³/mol. The average Bonchev–Trinajstić information content (AvgIpc) is 3.64. The SMILES string of the molecule is CCCCCCCCCCCCCCCCCCCCC(=O)O[C@H](COC(=O)CCCCCCCCCCC)COP(=O)(O)OC[C@@H](O)COP(=O)(O)OC[C@@H](COC(=O)CCCCCCCCCCC)OC(=O)CCCCCCCCCCC. The van der Waals surface area contributed by atoms with Crippen LogP contribution in [-0.2, 0) is 65.4 Å². The first-order valence-electron chi connectivity index (χ1n) is 34.8. The lowest BCUT2D eigenvalue weighted by Gasteiger charge is -2.21. The minimum absolute atomic E-state index is 0.106. The van der Waals surface area contributed by atoms with Gasteiger partial charge in [0.15, 0.2) is 12.2 Å². The Labute approximate surface area is 517 Å². The Morgan fingerprint density at radius 3 is 0.694 bits per heavy atom. The molecule has 2 unspecified atom stereocenters. The molecule has 0 aromatic rings. The van der Waals surface area contributed by atoms with E-state index in [0.29, 0.717) is 25.7 Å². The Balaban J connectivity index is 5.15. The fraction of sp³-hybridized carbons (Fsp3) is 0.939. The summed E-state index contributed by atoms with van der Waals surface area (Å²) >= 11 is 0. The second-order valence-electron chi connectivity index (χ2n) is 23.9. The Kier molecular flexibility index (Phi) is 59.6. The average molecular weight is 1260 g/mol. The molecule has 0 aliphatic heterocycles. The molecule has 0 saturated carbocycles. The number of aliphatic hydroxyl groups is 1. The van der Waals surface area contributed by atoms with Crippen LogP contribution in [0.25, 0.3) is 0 Å². The molecule has 0 bridgehead atoms. The van der Waals surface area contributed by atoms with Gasteiger partial charge in [0, 0.05) is 25.7 Å². The van der Waals surface area contributed by atoms with Gasteiger partial charge in [-0.2, -0.15) is 0 Å². The van der Waals surface area contributed by atoms with Crippen molar-refractivity contribution in [1.29, 1.82) is 0 Å². The van der Waals surface area contributed by atoms with Gasteiger partial charge in [0.25, 0.3) is 0 Å². The zero-order chi connectivity index (χ0) is 62.6. The minimum Gasteiger partial charge on any atom is -0.462 e. The summed E-state index contributed by atoms with van der Waals surface area (Å²) in [6, 6.07) is 0. The van der Waals surface area contributed by atoms with Gasteiger partial charge in [-0.3, -0.25) is 37.3 Å². The van der Waals surface area contributed by atoms with Gasteiger partial charge in [0.05, 0.1) is 26.4 Å². The van der Waals surface area contributed by atoms with Crippen molar-refractivity contribution in [3.8, 4) is 0 Å². The molecule has 0 radical (unpaired) electrons. The van der Waals surface area contributed by atoms with Crippen LogP contribution in [0.4, 0.5) is 0 Å². The van der Waals surface area contributed by atoms with E-state index in [0.717, 1.165) is 89.9 Å². The molecule has 0 heterocycles. The molecule has 0 aromatic carbocycles. The highest BCUT2D eigenvalue weighted by Gasteiger charge is 2.30. The van der Waals surface area contributed by atoms with Crippen LogP contribution in [0.5, 0.6) is 0 Å². The van der Waals surface area contributed by atoms with Crippen LogP contribution < -0.4 is 0 Å². The molecule has 0 aliphatic carbocycles. The topological polar surface area (TPSA) is 237 Å². The van der Waals surface area contributed by atoms with E-state index in [9.17, 15) is 43.2 Å². The molecule has 0 aliphatic rings. The van der Waals surface area contributed by atoms with Gasteiger partial charge in [-0.15, -0.1) is 0 Å². The van der Waals surface area contributed by atoms with Gasteiger partial charge >= 0.3 is 39.5 Å². The number of ether oxygens (including phenoxy) is 4. The lowest BCUT2D eigenvalue weighted by Crippen LogP contribution is -2.30. The maximum Gasteiger partial charge on any atom is 0.472 e. The van der Waals surface area contributed by atoms with E-state index in [1.54, 1.807) is 0 Å². The lowest BCUT2D eigenvalue weighted by molar-refractivity contribution is -0.161. The first-order valence-corrected chi connectivity index (χ1v) is 37.8. The summed E-state index contributed by atoms with van der Waals surface area (Å²) in [6.45, 7) is 4.87. The Bertz CT molecular complexity index is 1640. The van der Waals surface area contributed by atoms with Crippen LogP contribution in [0, 0.1) is 0 Å². The van der Waals surface area contributed by atoms with Crippen molar-refractivity contribution >= 4 is 39.5 Å². The molecular weight excluding hydrogens is 1130 g/mol. The van der Waals surface area contributed by atoms with Gasteiger partial charge in [-0.1, -0.05) is 291 Å². The summed E-state index contributed by atoms with van der Waals surface area (Å²) in [6.07, 6.45) is 47.2. The van der Waals surface area contributed by atoms with E-state index in [2.05, 4.69) is 27.7 Å². The largest absolute Gasteiger partial charge is 0.472 e. The summed E-state index contributed by atoms with van der Waals surface area (Å²) in [5.74, 6) is -2.13. The van der Waals surface area contributed by atoms with Crippen LogP contribution in [0.2, 0.25) is 0 Å². The quantitative estimate of drug-likeness (QED) is 0.0222. The highest BCUT2D eigenvalue weighted by atomic mass is 31.2. The number of carbonyl (C=O) groups is 4. The smallest absolute Gasteiger partial charge is 0.462 e. The van der Waals surface area contributed by atoms with Crippen LogP contribution in [-0.4, -0.2) is 96.7 Å². The van der Waals surface area contributed by atoms with E-state index >= 15 is 0 Å². The summed E-state index contributed by atoms with van der Waals surface area (Å²) in [5, 5.41) is 10.5. The highest BCUT2D eigenvalue weighted by Crippen LogP contribution is 2.45. The zero-order valence-corrected chi connectivity index (χ0v) is 56.4. The fourth-order valence-electron chi connectivity index (χ4n) is 9.99. The van der Waals surface area contributed by atoms with Crippen LogP contribution in [0.1, 0.15) is 342 Å². The molecule has 3 N–H and O–H groups in total. The number of phosphoric acid groups is 2. The highest BCUT2D eigenvalue weighted by molar-refractivity contribution is 7.47. The number of aliphatic hydroxyl groups excluding tert-OH is 1. The molecule has 0 saturated heterocycles. The molecule has 19 heteroatoms.